The summed E-state index contributed by atoms with van der Waals surface area (Å²) in [6, 6.07) is 11.3. The Morgan fingerprint density at radius 1 is 1.23 bits per heavy atom. The Morgan fingerprint density at radius 2 is 1.92 bits per heavy atom. The molecule has 0 heterocycles. The number of nitrogens with zero attached hydrogens (tertiary/aromatic N) is 1. The van der Waals surface area contributed by atoms with Crippen LogP contribution >= 0.6 is 11.6 Å². The van der Waals surface area contributed by atoms with E-state index in [-0.39, 0.29) is 28.2 Å². The van der Waals surface area contributed by atoms with Crippen LogP contribution in [0.4, 0.5) is 0 Å². The summed E-state index contributed by atoms with van der Waals surface area (Å²) in [5.74, 6) is -0.144. The number of carbonyl (C=O) groups excluding carboxylic acids is 1. The minimum atomic E-state index is -3.76. The van der Waals surface area contributed by atoms with Crippen molar-refractivity contribution in [2.24, 2.45) is 0 Å². The van der Waals surface area contributed by atoms with Crippen LogP contribution in [-0.4, -0.2) is 40.4 Å². The highest BCUT2D eigenvalue weighted by Gasteiger charge is 2.23. The molecule has 0 aliphatic heterocycles. The lowest BCUT2D eigenvalue weighted by atomic mass is 10.1. The van der Waals surface area contributed by atoms with Gasteiger partial charge in [0.25, 0.3) is 5.91 Å². The topological polar surface area (TPSA) is 75.7 Å². The fraction of sp³-hybridized carbons (Fsp3) is 0.278. The quantitative estimate of drug-likeness (QED) is 0.814. The van der Waals surface area contributed by atoms with Crippen molar-refractivity contribution in [3.8, 4) is 5.75 Å². The zero-order chi connectivity index (χ0) is 19.5. The zero-order valence-electron chi connectivity index (χ0n) is 15.0. The van der Waals surface area contributed by atoms with Crippen LogP contribution in [0.15, 0.2) is 47.4 Å². The molecule has 2 rings (SSSR count). The van der Waals surface area contributed by atoms with Gasteiger partial charge in [0.1, 0.15) is 10.6 Å². The Bertz CT molecular complexity index is 915. The first-order chi connectivity index (χ1) is 12.2. The smallest absolute Gasteiger partial charge is 0.254 e. The highest BCUT2D eigenvalue weighted by Crippen LogP contribution is 2.27. The first kappa shape index (κ1) is 20.2. The predicted octanol–water partition coefficient (Wildman–Crippen LogP) is 3.09. The molecule has 1 N–H and O–H groups in total. The lowest BCUT2D eigenvalue weighted by Gasteiger charge is -2.26. The second-order valence-corrected chi connectivity index (χ2v) is 8.01. The first-order valence-electron chi connectivity index (χ1n) is 7.85. The van der Waals surface area contributed by atoms with E-state index in [1.807, 2.05) is 19.1 Å². The van der Waals surface area contributed by atoms with Crippen molar-refractivity contribution in [3.05, 3.63) is 58.6 Å². The lowest BCUT2D eigenvalue weighted by molar-refractivity contribution is 0.0742. The molecule has 8 heteroatoms. The second-order valence-electron chi connectivity index (χ2n) is 5.72. The minimum absolute atomic E-state index is 0.0860. The molecule has 0 aliphatic carbocycles. The molecule has 0 spiro atoms. The van der Waals surface area contributed by atoms with Crippen molar-refractivity contribution in [1.82, 2.24) is 9.62 Å². The number of ether oxygens (including phenoxy) is 1. The van der Waals surface area contributed by atoms with Crippen molar-refractivity contribution >= 4 is 27.5 Å². The van der Waals surface area contributed by atoms with Gasteiger partial charge in [0.15, 0.2) is 0 Å². The largest absolute Gasteiger partial charge is 0.495 e. The van der Waals surface area contributed by atoms with E-state index in [2.05, 4.69) is 4.72 Å². The number of methoxy groups -OCH3 is 1. The third kappa shape index (κ3) is 4.17. The van der Waals surface area contributed by atoms with E-state index in [1.54, 1.807) is 19.2 Å². The molecule has 0 saturated carbocycles. The Morgan fingerprint density at radius 3 is 2.50 bits per heavy atom. The molecule has 6 nitrogen and oxygen atoms in total. The van der Waals surface area contributed by atoms with E-state index in [0.717, 1.165) is 5.56 Å². The van der Waals surface area contributed by atoms with Gasteiger partial charge >= 0.3 is 0 Å². The summed E-state index contributed by atoms with van der Waals surface area (Å²) in [5.41, 5.74) is 1.13. The number of hydrogen-bond acceptors (Lipinski definition) is 4. The Balaban J connectivity index is 2.38. The standard InChI is InChI=1S/C18H21ClN2O4S/c1-12(13-6-5-7-15(19)10-13)21(3)18(22)14-8-9-16(25-4)17(11-14)26(23,24)20-2/h5-12,20H,1-4H3. The fourth-order valence-corrected chi connectivity index (χ4v) is 3.62. The van der Waals surface area contributed by atoms with E-state index in [4.69, 9.17) is 16.3 Å². The number of hydrogen-bond donors (Lipinski definition) is 1. The van der Waals surface area contributed by atoms with Crippen LogP contribution in [0, 0.1) is 0 Å². The monoisotopic (exact) mass is 396 g/mol. The Hall–Kier alpha value is -2.09. The lowest BCUT2D eigenvalue weighted by Crippen LogP contribution is -2.30. The number of sulfonamides is 1. The summed E-state index contributed by atoms with van der Waals surface area (Å²) in [7, 11) is 0.569. The van der Waals surface area contributed by atoms with Crippen molar-refractivity contribution in [1.29, 1.82) is 0 Å². The van der Waals surface area contributed by atoms with Gasteiger partial charge in [0, 0.05) is 17.6 Å². The molecule has 140 valence electrons. The van der Waals surface area contributed by atoms with E-state index < -0.39 is 10.0 Å². The van der Waals surface area contributed by atoms with Crippen LogP contribution < -0.4 is 9.46 Å². The summed E-state index contributed by atoms with van der Waals surface area (Å²) in [5, 5.41) is 0.585. The summed E-state index contributed by atoms with van der Waals surface area (Å²) >= 11 is 6.02. The molecule has 0 saturated heterocycles. The molecule has 0 fully saturated rings. The molecule has 2 aromatic carbocycles. The van der Waals surface area contributed by atoms with Gasteiger partial charge in [-0.15, -0.1) is 0 Å². The maximum Gasteiger partial charge on any atom is 0.254 e. The number of nitrogens with one attached hydrogen (secondary N) is 1. The highest BCUT2D eigenvalue weighted by molar-refractivity contribution is 7.89. The molecule has 1 unspecified atom stereocenters. The van der Waals surface area contributed by atoms with Crippen molar-refractivity contribution in [2.45, 2.75) is 17.9 Å². The first-order valence-corrected chi connectivity index (χ1v) is 9.71. The highest BCUT2D eigenvalue weighted by atomic mass is 35.5. The van der Waals surface area contributed by atoms with E-state index in [0.29, 0.717) is 5.02 Å². The number of rotatable bonds is 6. The number of halogens is 1. The van der Waals surface area contributed by atoms with E-state index in [9.17, 15) is 13.2 Å². The number of carbonyl (C=O) groups is 1. The summed E-state index contributed by atoms with van der Waals surface area (Å²) in [6.45, 7) is 1.87. The summed E-state index contributed by atoms with van der Waals surface area (Å²) in [6.07, 6.45) is 0. The van der Waals surface area contributed by atoms with Crippen molar-refractivity contribution < 1.29 is 17.9 Å². The third-order valence-corrected chi connectivity index (χ3v) is 5.87. The molecular weight excluding hydrogens is 376 g/mol. The normalized spacial score (nSPS) is 12.5. The molecule has 0 radical (unpaired) electrons. The van der Waals surface area contributed by atoms with Crippen molar-refractivity contribution in [3.63, 3.8) is 0 Å². The van der Waals surface area contributed by atoms with Gasteiger partial charge in [-0.25, -0.2) is 13.1 Å². The third-order valence-electron chi connectivity index (χ3n) is 4.20. The zero-order valence-corrected chi connectivity index (χ0v) is 16.6. The number of amides is 1. The van der Waals surface area contributed by atoms with Crippen LogP contribution in [-0.2, 0) is 10.0 Å². The summed E-state index contributed by atoms with van der Waals surface area (Å²) < 4.78 is 31.7. The van der Waals surface area contributed by atoms with Crippen molar-refractivity contribution in [2.75, 3.05) is 21.2 Å². The molecule has 1 amide bonds. The summed E-state index contributed by atoms with van der Waals surface area (Å²) in [4.78, 5) is 14.3. The molecule has 2 aromatic rings. The maximum absolute atomic E-state index is 12.8. The number of benzene rings is 2. The van der Waals surface area contributed by atoms with E-state index >= 15 is 0 Å². The predicted molar refractivity (Wildman–Crippen MR) is 101 cm³/mol. The maximum atomic E-state index is 12.8. The van der Waals surface area contributed by atoms with E-state index in [1.165, 1.54) is 37.3 Å². The molecular formula is C18H21ClN2O4S. The molecule has 0 aliphatic rings. The molecule has 26 heavy (non-hydrogen) atoms. The Labute approximate surface area is 158 Å². The van der Waals surface area contributed by atoms with Crippen LogP contribution in [0.5, 0.6) is 5.75 Å². The average Bonchev–Trinajstić information content (AvgIpc) is 2.65. The minimum Gasteiger partial charge on any atom is -0.495 e. The van der Waals surface area contributed by atoms with Gasteiger partial charge in [0.2, 0.25) is 10.0 Å². The average molecular weight is 397 g/mol. The van der Waals surface area contributed by atoms with Gasteiger partial charge in [-0.3, -0.25) is 4.79 Å². The molecule has 0 bridgehead atoms. The van der Waals surface area contributed by atoms with Gasteiger partial charge in [-0.2, -0.15) is 0 Å². The van der Waals surface area contributed by atoms with Crippen LogP contribution in [0.2, 0.25) is 5.02 Å². The Kier molecular flexibility index (Phi) is 6.28. The van der Waals surface area contributed by atoms with Crippen LogP contribution in [0.25, 0.3) is 0 Å². The van der Waals surface area contributed by atoms with Gasteiger partial charge in [-0.05, 0) is 49.9 Å². The SMILES string of the molecule is CNS(=O)(=O)c1cc(C(=O)N(C)C(C)c2cccc(Cl)c2)ccc1OC. The molecule has 1 atom stereocenters. The van der Waals surface area contributed by atoms with Crippen LogP contribution in [0.3, 0.4) is 0 Å². The fourth-order valence-electron chi connectivity index (χ4n) is 2.50. The van der Waals surface area contributed by atoms with Gasteiger partial charge in [0.05, 0.1) is 13.2 Å². The second kappa shape index (κ2) is 8.07. The van der Waals surface area contributed by atoms with Gasteiger partial charge in [-0.1, -0.05) is 23.7 Å². The van der Waals surface area contributed by atoms with Gasteiger partial charge < -0.3 is 9.64 Å². The van der Waals surface area contributed by atoms with Crippen LogP contribution in [0.1, 0.15) is 28.9 Å². The molecule has 0 aromatic heterocycles.